The van der Waals surface area contributed by atoms with Crippen LogP contribution in [0.5, 0.6) is 5.75 Å². The van der Waals surface area contributed by atoms with Gasteiger partial charge in [-0.1, -0.05) is 50.2 Å². The molecule has 1 atom stereocenters. The van der Waals surface area contributed by atoms with Crippen molar-refractivity contribution in [2.24, 2.45) is 0 Å². The van der Waals surface area contributed by atoms with Crippen LogP contribution in [-0.2, 0) is 6.54 Å². The van der Waals surface area contributed by atoms with Crippen LogP contribution in [-0.4, -0.2) is 41.1 Å². The predicted octanol–water partition coefficient (Wildman–Crippen LogP) is 6.25. The first kappa shape index (κ1) is 22.8. The normalized spacial score (nSPS) is 18.9. The SMILES string of the molecule is CC(C)Oc1ccc(CN2CCN(C(C)(C)C)C(c3ccccc3C(C)C)C2)cc1. The Kier molecular flexibility index (Phi) is 7.26. The Morgan fingerprint density at radius 3 is 2.20 bits per heavy atom. The summed E-state index contributed by atoms with van der Waals surface area (Å²) in [5.74, 6) is 1.49. The van der Waals surface area contributed by atoms with E-state index in [1.807, 2.05) is 0 Å². The van der Waals surface area contributed by atoms with Crippen LogP contribution >= 0.6 is 0 Å². The maximum atomic E-state index is 5.80. The smallest absolute Gasteiger partial charge is 0.119 e. The van der Waals surface area contributed by atoms with Crippen LogP contribution in [0.25, 0.3) is 0 Å². The van der Waals surface area contributed by atoms with Gasteiger partial charge in [-0.25, -0.2) is 0 Å². The Labute approximate surface area is 184 Å². The van der Waals surface area contributed by atoms with Gasteiger partial charge in [0, 0.05) is 37.8 Å². The molecule has 2 aromatic carbocycles. The molecule has 1 saturated heterocycles. The molecule has 3 rings (SSSR count). The molecule has 1 aliphatic heterocycles. The number of piperazine rings is 1. The Hall–Kier alpha value is -1.84. The van der Waals surface area contributed by atoms with Gasteiger partial charge >= 0.3 is 0 Å². The molecule has 0 amide bonds. The van der Waals surface area contributed by atoms with Crippen molar-refractivity contribution in [1.82, 2.24) is 9.80 Å². The predicted molar refractivity (Wildman–Crippen MR) is 127 cm³/mol. The van der Waals surface area contributed by atoms with Crippen molar-refractivity contribution >= 4 is 0 Å². The molecule has 0 radical (unpaired) electrons. The first-order chi connectivity index (χ1) is 14.1. The number of nitrogens with zero attached hydrogens (tertiary/aromatic N) is 2. The van der Waals surface area contributed by atoms with Crippen LogP contribution in [0.1, 0.15) is 77.1 Å². The molecule has 3 heteroatoms. The molecule has 0 aromatic heterocycles. The Morgan fingerprint density at radius 1 is 0.933 bits per heavy atom. The fourth-order valence-corrected chi connectivity index (χ4v) is 4.60. The summed E-state index contributed by atoms with van der Waals surface area (Å²) in [5, 5.41) is 0. The first-order valence-electron chi connectivity index (χ1n) is 11.5. The molecular formula is C27H40N2O. The first-order valence-corrected chi connectivity index (χ1v) is 11.5. The lowest BCUT2D eigenvalue weighted by molar-refractivity contribution is 0.00554. The molecular weight excluding hydrogens is 368 g/mol. The van der Waals surface area contributed by atoms with E-state index in [2.05, 4.69) is 107 Å². The standard InChI is InChI=1S/C27H40N2O/c1-20(2)24-10-8-9-11-25(24)26-19-28(16-17-29(26)27(5,6)7)18-22-12-14-23(15-13-22)30-21(3)4/h8-15,20-21,26H,16-19H2,1-7H3. The van der Waals surface area contributed by atoms with E-state index >= 15 is 0 Å². The van der Waals surface area contributed by atoms with Crippen molar-refractivity contribution in [1.29, 1.82) is 0 Å². The second kappa shape index (κ2) is 9.53. The van der Waals surface area contributed by atoms with Crippen molar-refractivity contribution in [2.45, 2.75) is 78.6 Å². The fraction of sp³-hybridized carbons (Fsp3) is 0.556. The zero-order valence-corrected chi connectivity index (χ0v) is 20.0. The zero-order valence-electron chi connectivity index (χ0n) is 20.0. The highest BCUT2D eigenvalue weighted by atomic mass is 16.5. The Balaban J connectivity index is 1.80. The molecule has 1 unspecified atom stereocenters. The maximum Gasteiger partial charge on any atom is 0.119 e. The van der Waals surface area contributed by atoms with Gasteiger partial charge in [0.1, 0.15) is 5.75 Å². The lowest BCUT2D eigenvalue weighted by atomic mass is 9.88. The van der Waals surface area contributed by atoms with Crippen molar-refractivity contribution in [3.8, 4) is 5.75 Å². The number of benzene rings is 2. The van der Waals surface area contributed by atoms with Crippen molar-refractivity contribution < 1.29 is 4.74 Å². The van der Waals surface area contributed by atoms with E-state index in [-0.39, 0.29) is 11.6 Å². The van der Waals surface area contributed by atoms with E-state index in [4.69, 9.17) is 4.74 Å². The summed E-state index contributed by atoms with van der Waals surface area (Å²) in [4.78, 5) is 5.31. The highest BCUT2D eigenvalue weighted by Crippen LogP contribution is 2.36. The van der Waals surface area contributed by atoms with Gasteiger partial charge in [0.25, 0.3) is 0 Å². The maximum absolute atomic E-state index is 5.80. The van der Waals surface area contributed by atoms with Gasteiger partial charge in [-0.05, 0) is 69.4 Å². The monoisotopic (exact) mass is 408 g/mol. The number of ether oxygens (including phenoxy) is 1. The molecule has 0 bridgehead atoms. The minimum absolute atomic E-state index is 0.149. The van der Waals surface area contributed by atoms with Gasteiger partial charge in [0.2, 0.25) is 0 Å². The quantitative estimate of drug-likeness (QED) is 0.561. The van der Waals surface area contributed by atoms with E-state index < -0.39 is 0 Å². The van der Waals surface area contributed by atoms with Crippen molar-refractivity contribution in [2.75, 3.05) is 19.6 Å². The third kappa shape index (κ3) is 5.65. The van der Waals surface area contributed by atoms with E-state index in [0.717, 1.165) is 31.9 Å². The lowest BCUT2D eigenvalue weighted by Gasteiger charge is -2.49. The Bertz CT molecular complexity index is 804. The average Bonchev–Trinajstić information content (AvgIpc) is 2.68. The summed E-state index contributed by atoms with van der Waals surface area (Å²) in [6.07, 6.45) is 0.211. The van der Waals surface area contributed by atoms with Crippen LogP contribution in [0.15, 0.2) is 48.5 Å². The molecule has 1 fully saturated rings. The summed E-state index contributed by atoms with van der Waals surface area (Å²) in [5.41, 5.74) is 4.48. The summed E-state index contributed by atoms with van der Waals surface area (Å²) < 4.78 is 5.80. The highest BCUT2D eigenvalue weighted by molar-refractivity contribution is 5.34. The molecule has 0 saturated carbocycles. The molecule has 1 aliphatic rings. The van der Waals surface area contributed by atoms with Gasteiger partial charge in [0.15, 0.2) is 0 Å². The van der Waals surface area contributed by atoms with Gasteiger partial charge in [0.05, 0.1) is 6.10 Å². The molecule has 2 aromatic rings. The van der Waals surface area contributed by atoms with Crippen LogP contribution in [0.3, 0.4) is 0 Å². The number of hydrogen-bond donors (Lipinski definition) is 0. The summed E-state index contributed by atoms with van der Waals surface area (Å²) >= 11 is 0. The molecule has 1 heterocycles. The van der Waals surface area contributed by atoms with Gasteiger partial charge in [-0.15, -0.1) is 0 Å². The van der Waals surface area contributed by atoms with Crippen molar-refractivity contribution in [3.63, 3.8) is 0 Å². The molecule has 0 aliphatic carbocycles. The number of rotatable bonds is 6. The minimum atomic E-state index is 0.149. The van der Waals surface area contributed by atoms with Gasteiger partial charge < -0.3 is 4.74 Å². The summed E-state index contributed by atoms with van der Waals surface area (Å²) in [6, 6.07) is 18.1. The fourth-order valence-electron chi connectivity index (χ4n) is 4.60. The zero-order chi connectivity index (χ0) is 21.9. The largest absolute Gasteiger partial charge is 0.491 e. The lowest BCUT2D eigenvalue weighted by Crippen LogP contribution is -2.55. The van der Waals surface area contributed by atoms with E-state index in [1.54, 1.807) is 0 Å². The third-order valence-corrected chi connectivity index (χ3v) is 6.00. The van der Waals surface area contributed by atoms with E-state index in [1.165, 1.54) is 16.7 Å². The Morgan fingerprint density at radius 2 is 1.60 bits per heavy atom. The number of hydrogen-bond acceptors (Lipinski definition) is 3. The second-order valence-electron chi connectivity index (χ2n) is 10.2. The average molecular weight is 409 g/mol. The van der Waals surface area contributed by atoms with Crippen LogP contribution in [0.2, 0.25) is 0 Å². The summed E-state index contributed by atoms with van der Waals surface area (Å²) in [6.45, 7) is 20.0. The van der Waals surface area contributed by atoms with Gasteiger partial charge in [-0.3, -0.25) is 9.80 Å². The molecule has 3 nitrogen and oxygen atoms in total. The van der Waals surface area contributed by atoms with Crippen LogP contribution in [0.4, 0.5) is 0 Å². The topological polar surface area (TPSA) is 15.7 Å². The van der Waals surface area contributed by atoms with Crippen molar-refractivity contribution in [3.05, 3.63) is 65.2 Å². The molecule has 0 spiro atoms. The highest BCUT2D eigenvalue weighted by Gasteiger charge is 2.35. The van der Waals surface area contributed by atoms with E-state index in [0.29, 0.717) is 12.0 Å². The minimum Gasteiger partial charge on any atom is -0.491 e. The van der Waals surface area contributed by atoms with Gasteiger partial charge in [-0.2, -0.15) is 0 Å². The molecule has 164 valence electrons. The van der Waals surface area contributed by atoms with Crippen LogP contribution in [0, 0.1) is 0 Å². The second-order valence-corrected chi connectivity index (χ2v) is 10.2. The summed E-state index contributed by atoms with van der Waals surface area (Å²) in [7, 11) is 0. The molecule has 30 heavy (non-hydrogen) atoms. The molecule has 0 N–H and O–H groups in total. The van der Waals surface area contributed by atoms with Crippen LogP contribution < -0.4 is 4.74 Å². The third-order valence-electron chi connectivity index (χ3n) is 6.00. The van der Waals surface area contributed by atoms with E-state index in [9.17, 15) is 0 Å².